The summed E-state index contributed by atoms with van der Waals surface area (Å²) in [5.74, 6) is 0. The van der Waals surface area contributed by atoms with E-state index in [1.54, 1.807) is 0 Å². The Morgan fingerprint density at radius 3 is 2.08 bits per heavy atom. The molecule has 0 amide bonds. The summed E-state index contributed by atoms with van der Waals surface area (Å²) < 4.78 is 0. The average Bonchev–Trinajstić information content (AvgIpc) is 2.51. The minimum absolute atomic E-state index is 1.41. The molecule has 0 nitrogen and oxygen atoms in total. The first-order valence-corrected chi connectivity index (χ1v) is 4.23. The molecule has 12 heavy (non-hydrogen) atoms. The van der Waals surface area contributed by atoms with Gasteiger partial charge in [0.15, 0.2) is 0 Å². The van der Waals surface area contributed by atoms with E-state index in [-0.39, 0.29) is 0 Å². The van der Waals surface area contributed by atoms with Gasteiger partial charge in [-0.15, -0.1) is 0 Å². The Balaban J connectivity index is 2.64. The van der Waals surface area contributed by atoms with Gasteiger partial charge in [-0.05, 0) is 50.9 Å². The summed E-state index contributed by atoms with van der Waals surface area (Å²) in [5, 5.41) is 5.68. The summed E-state index contributed by atoms with van der Waals surface area (Å²) in [7, 11) is 0. The van der Waals surface area contributed by atoms with Crippen LogP contribution in [-0.4, -0.2) is 0 Å². The van der Waals surface area contributed by atoms with E-state index in [9.17, 15) is 0 Å². The molecule has 6 bridgehead atoms. The summed E-state index contributed by atoms with van der Waals surface area (Å²) in [5.41, 5.74) is 2.90. The molecule has 0 aliphatic heterocycles. The van der Waals surface area contributed by atoms with Crippen LogP contribution in [0.5, 0.6) is 0 Å². The second-order valence-corrected chi connectivity index (χ2v) is 3.53. The molecular weight excluding hydrogens is 144 g/mol. The lowest BCUT2D eigenvalue weighted by Crippen LogP contribution is -1.71. The summed E-state index contributed by atoms with van der Waals surface area (Å²) in [6, 6.07) is 13.4. The Labute approximate surface area is 69.8 Å². The zero-order valence-corrected chi connectivity index (χ0v) is 6.46. The van der Waals surface area contributed by atoms with E-state index in [2.05, 4.69) is 36.4 Å². The topological polar surface area (TPSA) is 0 Å². The van der Waals surface area contributed by atoms with Gasteiger partial charge in [0.05, 0.1) is 0 Å². The summed E-state index contributed by atoms with van der Waals surface area (Å²) in [4.78, 5) is 0. The van der Waals surface area contributed by atoms with E-state index in [1.165, 1.54) is 32.7 Å². The third-order valence-corrected chi connectivity index (χ3v) is 2.91. The summed E-state index contributed by atoms with van der Waals surface area (Å²) in [6.45, 7) is 0. The van der Waals surface area contributed by atoms with Crippen LogP contribution in [0.15, 0.2) is 36.4 Å². The second kappa shape index (κ2) is 1.34. The minimum atomic E-state index is 1.41. The van der Waals surface area contributed by atoms with Gasteiger partial charge in [-0.3, -0.25) is 0 Å². The van der Waals surface area contributed by atoms with Crippen molar-refractivity contribution in [1.82, 2.24) is 0 Å². The van der Waals surface area contributed by atoms with E-state index in [1.807, 2.05) is 0 Å². The summed E-state index contributed by atoms with van der Waals surface area (Å²) >= 11 is 0. The molecule has 5 rings (SSSR count). The van der Waals surface area contributed by atoms with Crippen LogP contribution < -0.4 is 0 Å². The van der Waals surface area contributed by atoms with Gasteiger partial charge in [-0.1, -0.05) is 18.2 Å². The number of hydrogen-bond acceptors (Lipinski definition) is 0. The van der Waals surface area contributed by atoms with Crippen molar-refractivity contribution in [3.05, 3.63) is 36.4 Å². The van der Waals surface area contributed by atoms with Crippen molar-refractivity contribution in [2.45, 2.75) is 0 Å². The molecule has 3 aromatic rings. The molecular formula is C12H6. The molecule has 54 valence electrons. The van der Waals surface area contributed by atoms with Crippen molar-refractivity contribution >= 4 is 21.5 Å². The van der Waals surface area contributed by atoms with Crippen molar-refractivity contribution in [1.29, 1.82) is 0 Å². The van der Waals surface area contributed by atoms with Crippen molar-refractivity contribution in [2.75, 3.05) is 0 Å². The zero-order chi connectivity index (χ0) is 7.71. The van der Waals surface area contributed by atoms with Crippen LogP contribution in [0.4, 0.5) is 0 Å². The fourth-order valence-electron chi connectivity index (χ4n) is 2.43. The molecule has 2 aliphatic rings. The molecule has 0 spiro atoms. The standard InChI is InChI=1S/C12H6/c1-2-10-7-4-8-6-9(5-7)12(10)11(8)3-1/h1-6H. The third kappa shape index (κ3) is 0.352. The first-order chi connectivity index (χ1) is 5.93. The van der Waals surface area contributed by atoms with Gasteiger partial charge in [0.2, 0.25) is 0 Å². The molecule has 2 aliphatic carbocycles. The number of rotatable bonds is 0. The van der Waals surface area contributed by atoms with Crippen molar-refractivity contribution < 1.29 is 0 Å². The smallest absolute Gasteiger partial charge is 0.00264 e. The van der Waals surface area contributed by atoms with Crippen LogP contribution in [0.2, 0.25) is 0 Å². The predicted octanol–water partition coefficient (Wildman–Crippen LogP) is 3.41. The highest BCUT2D eigenvalue weighted by Crippen LogP contribution is 2.46. The SMILES string of the molecule is c1cc2c3c(c1)c1cc-3cc2c1. The van der Waals surface area contributed by atoms with E-state index in [0.29, 0.717) is 0 Å². The van der Waals surface area contributed by atoms with Crippen molar-refractivity contribution in [2.24, 2.45) is 0 Å². The molecule has 0 unspecified atom stereocenters. The van der Waals surface area contributed by atoms with Gasteiger partial charge in [-0.2, -0.15) is 0 Å². The Kier molecular flexibility index (Phi) is 0.573. The maximum absolute atomic E-state index is 2.28. The van der Waals surface area contributed by atoms with Crippen LogP contribution in [0.3, 0.4) is 0 Å². The Hall–Kier alpha value is -1.56. The van der Waals surface area contributed by atoms with Crippen LogP contribution in [-0.2, 0) is 0 Å². The van der Waals surface area contributed by atoms with Crippen molar-refractivity contribution in [3.8, 4) is 11.1 Å². The molecule has 0 saturated heterocycles. The molecule has 0 radical (unpaired) electrons. The maximum Gasteiger partial charge on any atom is -0.00264 e. The average molecular weight is 150 g/mol. The van der Waals surface area contributed by atoms with E-state index in [0.717, 1.165) is 0 Å². The van der Waals surface area contributed by atoms with Gasteiger partial charge < -0.3 is 0 Å². The lowest BCUT2D eigenvalue weighted by atomic mass is 10.1. The fourth-order valence-corrected chi connectivity index (χ4v) is 2.43. The lowest BCUT2D eigenvalue weighted by Gasteiger charge is -1.98. The normalized spacial score (nSPS) is 13.0. The molecule has 3 aromatic carbocycles. The second-order valence-electron chi connectivity index (χ2n) is 3.53. The fraction of sp³-hybridized carbons (Fsp3) is 0. The Bertz CT molecular complexity index is 558. The van der Waals surface area contributed by atoms with E-state index in [4.69, 9.17) is 0 Å². The highest BCUT2D eigenvalue weighted by atomic mass is 14.2. The monoisotopic (exact) mass is 150 g/mol. The Morgan fingerprint density at radius 1 is 0.750 bits per heavy atom. The van der Waals surface area contributed by atoms with Crippen LogP contribution in [0, 0.1) is 0 Å². The van der Waals surface area contributed by atoms with E-state index < -0.39 is 0 Å². The van der Waals surface area contributed by atoms with Gasteiger partial charge in [0, 0.05) is 0 Å². The molecule has 0 aromatic heterocycles. The zero-order valence-electron chi connectivity index (χ0n) is 6.46. The van der Waals surface area contributed by atoms with Gasteiger partial charge >= 0.3 is 0 Å². The molecule has 0 heterocycles. The van der Waals surface area contributed by atoms with Gasteiger partial charge in [0.1, 0.15) is 0 Å². The predicted molar refractivity (Wildman–Crippen MR) is 51.6 cm³/mol. The molecule has 0 N–H and O–H groups in total. The van der Waals surface area contributed by atoms with Gasteiger partial charge in [-0.25, -0.2) is 0 Å². The minimum Gasteiger partial charge on any atom is -0.0610 e. The Morgan fingerprint density at radius 2 is 1.42 bits per heavy atom. The summed E-state index contributed by atoms with van der Waals surface area (Å²) in [6.07, 6.45) is 0. The highest BCUT2D eigenvalue weighted by Gasteiger charge is 2.18. The first-order valence-electron chi connectivity index (χ1n) is 4.23. The quantitative estimate of drug-likeness (QED) is 0.360. The van der Waals surface area contributed by atoms with Gasteiger partial charge in [0.25, 0.3) is 0 Å². The lowest BCUT2D eigenvalue weighted by molar-refractivity contribution is 1.88. The number of hydrogen-bond donors (Lipinski definition) is 0. The van der Waals surface area contributed by atoms with Crippen LogP contribution in [0.25, 0.3) is 32.7 Å². The molecule has 0 atom stereocenters. The van der Waals surface area contributed by atoms with Crippen molar-refractivity contribution in [3.63, 3.8) is 0 Å². The maximum atomic E-state index is 2.28. The third-order valence-electron chi connectivity index (χ3n) is 2.91. The first kappa shape index (κ1) is 5.15. The highest BCUT2D eigenvalue weighted by molar-refractivity contribution is 6.21. The van der Waals surface area contributed by atoms with E-state index >= 15 is 0 Å². The molecule has 0 saturated carbocycles. The van der Waals surface area contributed by atoms with Crippen LogP contribution in [0.1, 0.15) is 0 Å². The molecule has 0 heteroatoms. The largest absolute Gasteiger partial charge is 0.0610 e. The van der Waals surface area contributed by atoms with Crippen LogP contribution >= 0.6 is 0 Å². The number of benzene rings is 3. The molecule has 0 fully saturated rings.